The van der Waals surface area contributed by atoms with Gasteiger partial charge in [0.2, 0.25) is 0 Å². The lowest BCUT2D eigenvalue weighted by Crippen LogP contribution is -2.31. The summed E-state index contributed by atoms with van der Waals surface area (Å²) in [6, 6.07) is 0.664. The maximum Gasteiger partial charge on any atom is 0.00617 e. The topological polar surface area (TPSA) is 12.0 Å². The lowest BCUT2D eigenvalue weighted by Gasteiger charge is -2.17. The fourth-order valence-corrected chi connectivity index (χ4v) is 1.08. The summed E-state index contributed by atoms with van der Waals surface area (Å²) >= 11 is 0. The van der Waals surface area contributed by atoms with Crippen LogP contribution >= 0.6 is 0 Å². The molecule has 0 saturated carbocycles. The Morgan fingerprint density at radius 2 is 1.58 bits per heavy atom. The molecule has 0 spiro atoms. The van der Waals surface area contributed by atoms with Crippen molar-refractivity contribution in [3.63, 3.8) is 0 Å². The van der Waals surface area contributed by atoms with Crippen LogP contribution in [0.4, 0.5) is 0 Å². The van der Waals surface area contributed by atoms with Gasteiger partial charge in [0, 0.05) is 6.04 Å². The predicted octanol–water partition coefficient (Wildman–Crippen LogP) is 3.06. The van der Waals surface area contributed by atoms with Gasteiger partial charge in [0.15, 0.2) is 0 Å². The van der Waals surface area contributed by atoms with Gasteiger partial charge >= 0.3 is 0 Å². The van der Waals surface area contributed by atoms with Crippen LogP contribution in [0.5, 0.6) is 0 Å². The van der Waals surface area contributed by atoms with E-state index in [2.05, 4.69) is 39.9 Å². The minimum atomic E-state index is 0.664. The zero-order valence-electron chi connectivity index (χ0n) is 9.35. The van der Waals surface area contributed by atoms with E-state index in [-0.39, 0.29) is 0 Å². The Morgan fingerprint density at radius 3 is 2.00 bits per heavy atom. The van der Waals surface area contributed by atoms with Crippen LogP contribution in [-0.2, 0) is 0 Å². The Hall–Kier alpha value is -0.0400. The molecule has 1 unspecified atom stereocenters. The van der Waals surface area contributed by atoms with Gasteiger partial charge in [-0.25, -0.2) is 0 Å². The number of rotatable bonds is 6. The summed E-state index contributed by atoms with van der Waals surface area (Å²) in [7, 11) is 0. The molecule has 1 atom stereocenters. The molecule has 0 aromatic rings. The molecule has 12 heavy (non-hydrogen) atoms. The molecule has 0 bridgehead atoms. The maximum atomic E-state index is 3.54. The van der Waals surface area contributed by atoms with E-state index in [4.69, 9.17) is 0 Å². The first kappa shape index (κ1) is 12.0. The van der Waals surface area contributed by atoms with Gasteiger partial charge in [-0.3, -0.25) is 0 Å². The zero-order chi connectivity index (χ0) is 9.56. The third-order valence-corrected chi connectivity index (χ3v) is 2.42. The Balaban J connectivity index is 3.20. The van der Waals surface area contributed by atoms with Crippen LogP contribution < -0.4 is 5.32 Å². The SMILES string of the molecule is CC(C)CCCNC(C)C(C)C. The Bertz CT molecular complexity index is 97.2. The molecular weight excluding hydrogens is 146 g/mol. The van der Waals surface area contributed by atoms with Crippen molar-refractivity contribution in [3.05, 3.63) is 0 Å². The quantitative estimate of drug-likeness (QED) is 0.606. The van der Waals surface area contributed by atoms with Crippen molar-refractivity contribution >= 4 is 0 Å². The summed E-state index contributed by atoms with van der Waals surface area (Å²) in [4.78, 5) is 0. The second kappa shape index (κ2) is 6.47. The predicted molar refractivity (Wildman–Crippen MR) is 56.4 cm³/mol. The highest BCUT2D eigenvalue weighted by atomic mass is 14.9. The Kier molecular flexibility index (Phi) is 6.45. The molecule has 0 heterocycles. The maximum absolute atomic E-state index is 3.54. The van der Waals surface area contributed by atoms with E-state index in [0.29, 0.717) is 6.04 Å². The molecule has 1 heteroatoms. The van der Waals surface area contributed by atoms with E-state index >= 15 is 0 Å². The van der Waals surface area contributed by atoms with Gasteiger partial charge in [-0.15, -0.1) is 0 Å². The third kappa shape index (κ3) is 6.66. The van der Waals surface area contributed by atoms with Gasteiger partial charge in [0.1, 0.15) is 0 Å². The summed E-state index contributed by atoms with van der Waals surface area (Å²) < 4.78 is 0. The highest BCUT2D eigenvalue weighted by Crippen LogP contribution is 2.04. The van der Waals surface area contributed by atoms with Crippen LogP contribution in [0.3, 0.4) is 0 Å². The van der Waals surface area contributed by atoms with Crippen molar-refractivity contribution in [3.8, 4) is 0 Å². The van der Waals surface area contributed by atoms with Crippen LogP contribution in [0, 0.1) is 11.8 Å². The van der Waals surface area contributed by atoms with Gasteiger partial charge < -0.3 is 5.32 Å². The first-order valence-corrected chi connectivity index (χ1v) is 5.27. The molecule has 0 saturated heterocycles. The molecule has 0 aromatic carbocycles. The first-order chi connectivity index (χ1) is 5.54. The highest BCUT2D eigenvalue weighted by Gasteiger charge is 2.04. The fourth-order valence-electron chi connectivity index (χ4n) is 1.08. The first-order valence-electron chi connectivity index (χ1n) is 5.27. The lowest BCUT2D eigenvalue weighted by molar-refractivity contribution is 0.412. The molecule has 0 aliphatic carbocycles. The van der Waals surface area contributed by atoms with E-state index in [1.165, 1.54) is 19.4 Å². The number of hydrogen-bond donors (Lipinski definition) is 1. The number of hydrogen-bond acceptors (Lipinski definition) is 1. The Morgan fingerprint density at radius 1 is 1.00 bits per heavy atom. The van der Waals surface area contributed by atoms with Crippen LogP contribution in [0.1, 0.15) is 47.5 Å². The Labute approximate surface area is 77.9 Å². The van der Waals surface area contributed by atoms with Crippen molar-refractivity contribution < 1.29 is 0 Å². The average molecular weight is 171 g/mol. The van der Waals surface area contributed by atoms with Crippen LogP contribution in [0.2, 0.25) is 0 Å². The van der Waals surface area contributed by atoms with Crippen molar-refractivity contribution in [1.29, 1.82) is 0 Å². The molecular formula is C11H25N. The van der Waals surface area contributed by atoms with E-state index < -0.39 is 0 Å². The second-order valence-corrected chi connectivity index (χ2v) is 4.52. The van der Waals surface area contributed by atoms with Crippen LogP contribution in [0.15, 0.2) is 0 Å². The summed E-state index contributed by atoms with van der Waals surface area (Å²) in [5.74, 6) is 1.60. The van der Waals surface area contributed by atoms with Gasteiger partial charge in [-0.1, -0.05) is 27.7 Å². The summed E-state index contributed by atoms with van der Waals surface area (Å²) in [5, 5.41) is 3.54. The normalized spacial score (nSPS) is 14.2. The molecule has 0 amide bonds. The van der Waals surface area contributed by atoms with Crippen molar-refractivity contribution in [2.24, 2.45) is 11.8 Å². The van der Waals surface area contributed by atoms with Crippen LogP contribution in [-0.4, -0.2) is 12.6 Å². The van der Waals surface area contributed by atoms with E-state index in [0.717, 1.165) is 11.8 Å². The van der Waals surface area contributed by atoms with Crippen molar-refractivity contribution in [1.82, 2.24) is 5.32 Å². The largest absolute Gasteiger partial charge is 0.314 e. The molecule has 1 N–H and O–H groups in total. The van der Waals surface area contributed by atoms with Crippen molar-refractivity contribution in [2.75, 3.05) is 6.54 Å². The molecule has 1 nitrogen and oxygen atoms in total. The standard InChI is InChI=1S/C11H25N/c1-9(2)7-6-8-12-11(5)10(3)4/h9-12H,6-8H2,1-5H3. The smallest absolute Gasteiger partial charge is 0.00617 e. The van der Waals surface area contributed by atoms with Gasteiger partial charge in [-0.05, 0) is 38.1 Å². The summed E-state index contributed by atoms with van der Waals surface area (Å²) in [5.41, 5.74) is 0. The molecule has 0 aliphatic heterocycles. The molecule has 0 fully saturated rings. The highest BCUT2D eigenvalue weighted by molar-refractivity contribution is 4.64. The second-order valence-electron chi connectivity index (χ2n) is 4.52. The van der Waals surface area contributed by atoms with Gasteiger partial charge in [-0.2, -0.15) is 0 Å². The molecule has 74 valence electrons. The van der Waals surface area contributed by atoms with E-state index in [9.17, 15) is 0 Å². The monoisotopic (exact) mass is 171 g/mol. The average Bonchev–Trinajstić information content (AvgIpc) is 1.97. The molecule has 0 aliphatic rings. The van der Waals surface area contributed by atoms with Gasteiger partial charge in [0.05, 0.1) is 0 Å². The minimum absolute atomic E-state index is 0.664. The fraction of sp³-hybridized carbons (Fsp3) is 1.00. The number of nitrogens with one attached hydrogen (secondary N) is 1. The molecule has 0 radical (unpaired) electrons. The summed E-state index contributed by atoms with van der Waals surface area (Å²) in [6.45, 7) is 12.5. The van der Waals surface area contributed by atoms with Crippen molar-refractivity contribution in [2.45, 2.75) is 53.5 Å². The minimum Gasteiger partial charge on any atom is -0.314 e. The van der Waals surface area contributed by atoms with Gasteiger partial charge in [0.25, 0.3) is 0 Å². The summed E-state index contributed by atoms with van der Waals surface area (Å²) in [6.07, 6.45) is 2.66. The lowest BCUT2D eigenvalue weighted by atomic mass is 10.1. The van der Waals surface area contributed by atoms with E-state index in [1.807, 2.05) is 0 Å². The zero-order valence-corrected chi connectivity index (χ0v) is 9.35. The molecule has 0 aromatic heterocycles. The third-order valence-electron chi connectivity index (χ3n) is 2.42. The molecule has 0 rings (SSSR count). The van der Waals surface area contributed by atoms with E-state index in [1.54, 1.807) is 0 Å². The van der Waals surface area contributed by atoms with Crippen LogP contribution in [0.25, 0.3) is 0 Å².